The highest BCUT2D eigenvalue weighted by molar-refractivity contribution is 5.37. The molecule has 1 atom stereocenters. The van der Waals surface area contributed by atoms with E-state index in [0.29, 0.717) is 5.56 Å². The number of rotatable bonds is 0. The fourth-order valence-corrected chi connectivity index (χ4v) is 0.996. The molecule has 0 aromatic heterocycles. The van der Waals surface area contributed by atoms with Gasteiger partial charge in [-0.25, -0.2) is 4.39 Å². The van der Waals surface area contributed by atoms with Crippen molar-refractivity contribution < 1.29 is 9.50 Å². The molecule has 0 aliphatic heterocycles. The van der Waals surface area contributed by atoms with Gasteiger partial charge in [-0.3, -0.25) is 0 Å². The quantitative estimate of drug-likeness (QED) is 0.601. The van der Waals surface area contributed by atoms with Crippen LogP contribution in [0.25, 0.3) is 0 Å². The number of benzene rings is 1. The molecule has 1 rings (SSSR count). The molecule has 0 spiro atoms. The lowest BCUT2D eigenvalue weighted by Crippen LogP contribution is -1.93. The average Bonchev–Trinajstić information content (AvgIpc) is 1.99. The number of aryl methyl sites for hydroxylation is 1. The van der Waals surface area contributed by atoms with Crippen LogP contribution in [0.15, 0.2) is 18.2 Å². The summed E-state index contributed by atoms with van der Waals surface area (Å²) in [5, 5.41) is 8.88. The normalized spacial score (nSPS) is 11.7. The first-order valence-electron chi connectivity index (χ1n) is 4.05. The molecule has 0 fully saturated rings. The minimum absolute atomic E-state index is 0.296. The Morgan fingerprint density at radius 2 is 2.08 bits per heavy atom. The van der Waals surface area contributed by atoms with E-state index < -0.39 is 6.10 Å². The molecule has 0 bridgehead atoms. The largest absolute Gasteiger partial charge is 0.381 e. The predicted octanol–water partition coefficient (Wildman–Crippen LogP) is 1.87. The number of hydrogen-bond donors (Lipinski definition) is 1. The Morgan fingerprint density at radius 3 is 2.62 bits per heavy atom. The Hall–Kier alpha value is -1.33. The summed E-state index contributed by atoms with van der Waals surface area (Å²) in [5.41, 5.74) is 1.42. The first kappa shape index (κ1) is 9.76. The van der Waals surface area contributed by atoms with E-state index in [1.807, 2.05) is 0 Å². The van der Waals surface area contributed by atoms with E-state index in [4.69, 9.17) is 5.11 Å². The maximum Gasteiger partial charge on any atom is 0.124 e. The van der Waals surface area contributed by atoms with Crippen molar-refractivity contribution in [2.75, 3.05) is 0 Å². The summed E-state index contributed by atoms with van der Waals surface area (Å²) in [6, 6.07) is 4.56. The van der Waals surface area contributed by atoms with Crippen molar-refractivity contribution in [2.45, 2.75) is 20.0 Å². The van der Waals surface area contributed by atoms with E-state index in [-0.39, 0.29) is 5.82 Å². The van der Waals surface area contributed by atoms with Gasteiger partial charge < -0.3 is 5.11 Å². The third kappa shape index (κ3) is 3.27. The molecule has 0 amide bonds. The SMILES string of the molecule is Cc1cc(F)cc(C#CC(C)O)c1. The molecule has 1 aromatic carbocycles. The Bertz CT molecular complexity index is 338. The Labute approximate surface area is 77.2 Å². The van der Waals surface area contributed by atoms with Crippen molar-refractivity contribution in [1.29, 1.82) is 0 Å². The van der Waals surface area contributed by atoms with Gasteiger partial charge in [-0.15, -0.1) is 0 Å². The third-order valence-electron chi connectivity index (χ3n) is 1.47. The third-order valence-corrected chi connectivity index (χ3v) is 1.47. The molecule has 1 aromatic rings. The van der Waals surface area contributed by atoms with Crippen LogP contribution in [0.4, 0.5) is 4.39 Å². The smallest absolute Gasteiger partial charge is 0.124 e. The van der Waals surface area contributed by atoms with Gasteiger partial charge in [-0.05, 0) is 37.6 Å². The second-order valence-corrected chi connectivity index (χ2v) is 2.96. The highest BCUT2D eigenvalue weighted by Crippen LogP contribution is 2.06. The summed E-state index contributed by atoms with van der Waals surface area (Å²) >= 11 is 0. The van der Waals surface area contributed by atoms with Gasteiger partial charge in [0.05, 0.1) is 0 Å². The van der Waals surface area contributed by atoms with Gasteiger partial charge in [-0.1, -0.05) is 11.8 Å². The van der Waals surface area contributed by atoms with Crippen LogP contribution in [-0.2, 0) is 0 Å². The highest BCUT2D eigenvalue weighted by atomic mass is 19.1. The lowest BCUT2D eigenvalue weighted by molar-refractivity contribution is 0.253. The number of halogens is 1. The van der Waals surface area contributed by atoms with E-state index in [2.05, 4.69) is 11.8 Å². The monoisotopic (exact) mass is 178 g/mol. The number of hydrogen-bond acceptors (Lipinski definition) is 1. The van der Waals surface area contributed by atoms with Crippen LogP contribution in [0.1, 0.15) is 18.1 Å². The molecule has 0 radical (unpaired) electrons. The maximum absolute atomic E-state index is 12.8. The topological polar surface area (TPSA) is 20.2 Å². The van der Waals surface area contributed by atoms with Gasteiger partial charge in [0, 0.05) is 5.56 Å². The molecule has 0 aliphatic rings. The molecule has 0 heterocycles. The zero-order chi connectivity index (χ0) is 9.84. The minimum atomic E-state index is -0.677. The van der Waals surface area contributed by atoms with Gasteiger partial charge >= 0.3 is 0 Å². The highest BCUT2D eigenvalue weighted by Gasteiger charge is 1.94. The van der Waals surface area contributed by atoms with Crippen molar-refractivity contribution in [3.05, 3.63) is 35.1 Å². The van der Waals surface area contributed by atoms with E-state index in [9.17, 15) is 4.39 Å². The second kappa shape index (κ2) is 4.06. The van der Waals surface area contributed by atoms with Crippen molar-refractivity contribution in [1.82, 2.24) is 0 Å². The maximum atomic E-state index is 12.8. The van der Waals surface area contributed by atoms with Crippen molar-refractivity contribution in [3.63, 3.8) is 0 Å². The predicted molar refractivity (Wildman–Crippen MR) is 49.7 cm³/mol. The molecule has 13 heavy (non-hydrogen) atoms. The summed E-state index contributed by atoms with van der Waals surface area (Å²) in [6.45, 7) is 3.37. The summed E-state index contributed by atoms with van der Waals surface area (Å²) < 4.78 is 12.8. The summed E-state index contributed by atoms with van der Waals surface area (Å²) in [7, 11) is 0. The Morgan fingerprint density at radius 1 is 1.38 bits per heavy atom. The first-order chi connectivity index (χ1) is 6.08. The van der Waals surface area contributed by atoms with Gasteiger partial charge in [-0.2, -0.15) is 0 Å². The van der Waals surface area contributed by atoms with Crippen molar-refractivity contribution in [2.24, 2.45) is 0 Å². The fraction of sp³-hybridized carbons (Fsp3) is 0.273. The molecule has 1 unspecified atom stereocenters. The van der Waals surface area contributed by atoms with Gasteiger partial charge in [0.2, 0.25) is 0 Å². The summed E-state index contributed by atoms with van der Waals surface area (Å²) in [5.74, 6) is 4.94. The van der Waals surface area contributed by atoms with Crippen molar-refractivity contribution >= 4 is 0 Å². The van der Waals surface area contributed by atoms with Gasteiger partial charge in [0.1, 0.15) is 11.9 Å². The Balaban J connectivity index is 2.98. The van der Waals surface area contributed by atoms with E-state index in [1.54, 1.807) is 19.9 Å². The fourth-order valence-electron chi connectivity index (χ4n) is 0.996. The van der Waals surface area contributed by atoms with Crippen LogP contribution in [0.5, 0.6) is 0 Å². The molecule has 0 saturated carbocycles. The standard InChI is InChI=1S/C11H11FO/c1-8-5-10(4-3-9(2)13)7-11(12)6-8/h5-7,9,13H,1-2H3. The zero-order valence-electron chi connectivity index (χ0n) is 7.63. The molecule has 2 heteroatoms. The molecule has 1 nitrogen and oxygen atoms in total. The molecule has 0 saturated heterocycles. The van der Waals surface area contributed by atoms with E-state index in [0.717, 1.165) is 5.56 Å². The van der Waals surface area contributed by atoms with Crippen LogP contribution in [-0.4, -0.2) is 11.2 Å². The van der Waals surface area contributed by atoms with Crippen LogP contribution >= 0.6 is 0 Å². The van der Waals surface area contributed by atoms with E-state index >= 15 is 0 Å². The summed E-state index contributed by atoms with van der Waals surface area (Å²) in [6.07, 6.45) is -0.677. The molecule has 0 aliphatic carbocycles. The second-order valence-electron chi connectivity index (χ2n) is 2.96. The van der Waals surface area contributed by atoms with Crippen LogP contribution in [0.3, 0.4) is 0 Å². The van der Waals surface area contributed by atoms with E-state index in [1.165, 1.54) is 12.1 Å². The lowest BCUT2D eigenvalue weighted by atomic mass is 10.1. The lowest BCUT2D eigenvalue weighted by Gasteiger charge is -1.95. The van der Waals surface area contributed by atoms with Crippen LogP contribution in [0, 0.1) is 24.6 Å². The van der Waals surface area contributed by atoms with Crippen molar-refractivity contribution in [3.8, 4) is 11.8 Å². The van der Waals surface area contributed by atoms with Crippen LogP contribution in [0.2, 0.25) is 0 Å². The average molecular weight is 178 g/mol. The van der Waals surface area contributed by atoms with Gasteiger partial charge in [0.25, 0.3) is 0 Å². The van der Waals surface area contributed by atoms with Crippen LogP contribution < -0.4 is 0 Å². The molecule has 1 N–H and O–H groups in total. The minimum Gasteiger partial charge on any atom is -0.381 e. The molecular weight excluding hydrogens is 167 g/mol. The Kier molecular flexibility index (Phi) is 3.05. The summed E-state index contributed by atoms with van der Waals surface area (Å²) in [4.78, 5) is 0. The number of aliphatic hydroxyl groups excluding tert-OH is 1. The zero-order valence-corrected chi connectivity index (χ0v) is 7.63. The molecular formula is C11H11FO. The number of aliphatic hydroxyl groups is 1. The first-order valence-corrected chi connectivity index (χ1v) is 4.05. The van der Waals surface area contributed by atoms with Gasteiger partial charge in [0.15, 0.2) is 0 Å². The molecule has 68 valence electrons.